The topological polar surface area (TPSA) is 29.5 Å². The maximum absolute atomic E-state index is 11.5. The van der Waals surface area contributed by atoms with Crippen molar-refractivity contribution < 1.29 is 9.53 Å². The van der Waals surface area contributed by atoms with Crippen molar-refractivity contribution >= 4 is 21.9 Å². The van der Waals surface area contributed by atoms with Crippen LogP contribution in [0.5, 0.6) is 0 Å². The van der Waals surface area contributed by atoms with Crippen LogP contribution in [0.3, 0.4) is 0 Å². The van der Waals surface area contributed by atoms with Gasteiger partial charge in [0.15, 0.2) is 0 Å². The van der Waals surface area contributed by atoms with Crippen molar-refractivity contribution in [2.24, 2.45) is 5.41 Å². The summed E-state index contributed by atoms with van der Waals surface area (Å²) in [5.41, 5.74) is 2.28. The van der Waals surface area contributed by atoms with Gasteiger partial charge in [0.1, 0.15) is 0 Å². The number of nitrogens with zero attached hydrogens (tertiary/aromatic N) is 1. The molecule has 0 aromatic heterocycles. The van der Waals surface area contributed by atoms with Gasteiger partial charge in [-0.2, -0.15) is 0 Å². The summed E-state index contributed by atoms with van der Waals surface area (Å²) in [4.78, 5) is 14.0. The number of likely N-dealkylation sites (tertiary alicyclic amines) is 1. The summed E-state index contributed by atoms with van der Waals surface area (Å²) in [5, 5.41) is 0. The summed E-state index contributed by atoms with van der Waals surface area (Å²) in [5.74, 6) is -0.294. The van der Waals surface area contributed by atoms with E-state index in [-0.39, 0.29) is 5.97 Å². The molecule has 2 rings (SSSR count). The number of carbonyl (C=O) groups excluding carboxylic acids is 1. The van der Waals surface area contributed by atoms with E-state index in [0.29, 0.717) is 11.0 Å². The van der Waals surface area contributed by atoms with Gasteiger partial charge in [-0.15, -0.1) is 0 Å². The van der Waals surface area contributed by atoms with E-state index in [1.165, 1.54) is 25.5 Å². The summed E-state index contributed by atoms with van der Waals surface area (Å²) in [6.45, 7) is 7.88. The van der Waals surface area contributed by atoms with Crippen molar-refractivity contribution in [2.75, 3.05) is 20.2 Å². The maximum atomic E-state index is 11.5. The molecule has 20 heavy (non-hydrogen) atoms. The number of rotatable bonds is 3. The summed E-state index contributed by atoms with van der Waals surface area (Å²) in [6, 6.07) is 5.69. The third-order valence-electron chi connectivity index (χ3n) is 4.08. The molecule has 0 aliphatic carbocycles. The number of hydrogen-bond donors (Lipinski definition) is 0. The highest BCUT2D eigenvalue weighted by Gasteiger charge is 2.25. The second-order valence-electron chi connectivity index (χ2n) is 6.24. The second kappa shape index (κ2) is 6.27. The molecular weight excluding hydrogens is 318 g/mol. The molecular formula is C16H22BrNO2. The molecule has 110 valence electrons. The molecule has 3 nitrogen and oxygen atoms in total. The number of hydrogen-bond acceptors (Lipinski definition) is 3. The monoisotopic (exact) mass is 339 g/mol. The standard InChI is InChI=1S/C16H22BrNO2/c1-16(2)6-8-18(9-7-16)11-13-5-4-12(10-14(13)17)15(19)20-3/h4-5,10H,6-9,11H2,1-3H3. The smallest absolute Gasteiger partial charge is 0.337 e. The van der Waals surface area contributed by atoms with Crippen LogP contribution in [0.4, 0.5) is 0 Å². The van der Waals surface area contributed by atoms with Crippen molar-refractivity contribution in [3.8, 4) is 0 Å². The zero-order valence-corrected chi connectivity index (χ0v) is 14.0. The van der Waals surface area contributed by atoms with Crippen molar-refractivity contribution in [2.45, 2.75) is 33.2 Å². The molecule has 1 aliphatic rings. The molecule has 1 heterocycles. The second-order valence-corrected chi connectivity index (χ2v) is 7.09. The van der Waals surface area contributed by atoms with Crippen molar-refractivity contribution in [1.82, 2.24) is 4.90 Å². The summed E-state index contributed by atoms with van der Waals surface area (Å²) < 4.78 is 5.71. The summed E-state index contributed by atoms with van der Waals surface area (Å²) >= 11 is 3.56. The molecule has 1 aromatic rings. The van der Waals surface area contributed by atoms with Gasteiger partial charge >= 0.3 is 5.97 Å². The zero-order valence-electron chi connectivity index (χ0n) is 12.4. The summed E-state index contributed by atoms with van der Waals surface area (Å²) in [7, 11) is 1.40. The first-order valence-electron chi connectivity index (χ1n) is 7.00. The highest BCUT2D eigenvalue weighted by atomic mass is 79.9. The molecule has 1 aliphatic heterocycles. The lowest BCUT2D eigenvalue weighted by atomic mass is 9.82. The lowest BCUT2D eigenvalue weighted by Gasteiger charge is -2.37. The lowest BCUT2D eigenvalue weighted by Crippen LogP contribution is -2.36. The number of ether oxygens (including phenoxy) is 1. The van der Waals surface area contributed by atoms with Crippen LogP contribution >= 0.6 is 15.9 Å². The maximum Gasteiger partial charge on any atom is 0.337 e. The van der Waals surface area contributed by atoms with Crippen LogP contribution in [0.2, 0.25) is 0 Å². The minimum Gasteiger partial charge on any atom is -0.465 e. The number of carbonyl (C=O) groups is 1. The highest BCUT2D eigenvalue weighted by molar-refractivity contribution is 9.10. The van der Waals surface area contributed by atoms with Crippen molar-refractivity contribution in [3.05, 3.63) is 33.8 Å². The van der Waals surface area contributed by atoms with Crippen LogP contribution in [-0.2, 0) is 11.3 Å². The van der Waals surface area contributed by atoms with E-state index in [1.807, 2.05) is 18.2 Å². The molecule has 0 bridgehead atoms. The first kappa shape index (κ1) is 15.5. The van der Waals surface area contributed by atoms with Crippen LogP contribution in [0.1, 0.15) is 42.6 Å². The third kappa shape index (κ3) is 3.83. The Balaban J connectivity index is 2.02. The number of halogens is 1. The summed E-state index contributed by atoms with van der Waals surface area (Å²) in [6.07, 6.45) is 2.48. The van der Waals surface area contributed by atoms with Gasteiger partial charge in [0.25, 0.3) is 0 Å². The fraction of sp³-hybridized carbons (Fsp3) is 0.562. The molecule has 0 unspecified atom stereocenters. The molecule has 0 atom stereocenters. The van der Waals surface area contributed by atoms with Crippen LogP contribution in [0, 0.1) is 5.41 Å². The lowest BCUT2D eigenvalue weighted by molar-refractivity contribution is 0.0600. The van der Waals surface area contributed by atoms with E-state index in [1.54, 1.807) is 0 Å². The van der Waals surface area contributed by atoms with Gasteiger partial charge in [0, 0.05) is 11.0 Å². The van der Waals surface area contributed by atoms with E-state index < -0.39 is 0 Å². The largest absolute Gasteiger partial charge is 0.465 e. The highest BCUT2D eigenvalue weighted by Crippen LogP contribution is 2.31. The van der Waals surface area contributed by atoms with E-state index >= 15 is 0 Å². The van der Waals surface area contributed by atoms with Crippen LogP contribution in [0.25, 0.3) is 0 Å². The normalized spacial score (nSPS) is 18.8. The number of methoxy groups -OCH3 is 1. The Kier molecular flexibility index (Phi) is 4.86. The van der Waals surface area contributed by atoms with Gasteiger partial charge in [-0.1, -0.05) is 35.8 Å². The average molecular weight is 340 g/mol. The molecule has 1 aromatic carbocycles. The minimum absolute atomic E-state index is 0.294. The third-order valence-corrected chi connectivity index (χ3v) is 4.82. The van der Waals surface area contributed by atoms with Crippen LogP contribution in [-0.4, -0.2) is 31.1 Å². The first-order chi connectivity index (χ1) is 9.41. The van der Waals surface area contributed by atoms with E-state index in [2.05, 4.69) is 34.7 Å². The molecule has 0 radical (unpaired) electrons. The Bertz CT molecular complexity index is 489. The predicted octanol–water partition coefficient (Wildman–Crippen LogP) is 3.86. The van der Waals surface area contributed by atoms with Gasteiger partial charge in [-0.3, -0.25) is 4.90 Å². The molecule has 1 saturated heterocycles. The fourth-order valence-corrected chi connectivity index (χ4v) is 2.98. The molecule has 1 fully saturated rings. The Hall–Kier alpha value is -0.870. The minimum atomic E-state index is -0.294. The van der Waals surface area contributed by atoms with Gasteiger partial charge in [0.2, 0.25) is 0 Å². The average Bonchev–Trinajstić information content (AvgIpc) is 2.42. The van der Waals surface area contributed by atoms with E-state index in [9.17, 15) is 4.79 Å². The van der Waals surface area contributed by atoms with E-state index in [0.717, 1.165) is 24.1 Å². The Morgan fingerprint density at radius 2 is 2.00 bits per heavy atom. The van der Waals surface area contributed by atoms with Gasteiger partial charge in [-0.05, 0) is 49.0 Å². The number of benzene rings is 1. The quantitative estimate of drug-likeness (QED) is 0.783. The Morgan fingerprint density at radius 3 is 2.55 bits per heavy atom. The fourth-order valence-electron chi connectivity index (χ4n) is 2.48. The number of esters is 1. The molecule has 0 amide bonds. The van der Waals surface area contributed by atoms with Crippen LogP contribution < -0.4 is 0 Å². The number of piperidine rings is 1. The van der Waals surface area contributed by atoms with Gasteiger partial charge in [-0.25, -0.2) is 4.79 Å². The van der Waals surface area contributed by atoms with Crippen LogP contribution in [0.15, 0.2) is 22.7 Å². The molecule has 0 saturated carbocycles. The Labute approximate surface area is 129 Å². The van der Waals surface area contributed by atoms with Crippen molar-refractivity contribution in [1.29, 1.82) is 0 Å². The molecule has 0 N–H and O–H groups in total. The van der Waals surface area contributed by atoms with Gasteiger partial charge < -0.3 is 4.74 Å². The van der Waals surface area contributed by atoms with Crippen molar-refractivity contribution in [3.63, 3.8) is 0 Å². The van der Waals surface area contributed by atoms with E-state index in [4.69, 9.17) is 4.74 Å². The zero-order chi connectivity index (χ0) is 14.8. The van der Waals surface area contributed by atoms with Gasteiger partial charge in [0.05, 0.1) is 12.7 Å². The molecule has 0 spiro atoms. The molecule has 4 heteroatoms. The first-order valence-corrected chi connectivity index (χ1v) is 7.80. The SMILES string of the molecule is COC(=O)c1ccc(CN2CCC(C)(C)CC2)c(Br)c1. The Morgan fingerprint density at radius 1 is 1.35 bits per heavy atom. The predicted molar refractivity (Wildman–Crippen MR) is 83.8 cm³/mol.